The molecule has 2 unspecified atom stereocenters. The third-order valence-corrected chi connectivity index (χ3v) is 10.3. The summed E-state index contributed by atoms with van der Waals surface area (Å²) >= 11 is 3.30. The number of amides is 1. The molecule has 2 aromatic carbocycles. The molecule has 0 radical (unpaired) electrons. The Bertz CT molecular complexity index is 1180. The molecule has 1 amide bonds. The molecule has 2 bridgehead atoms. The highest BCUT2D eigenvalue weighted by Crippen LogP contribution is 2.52. The van der Waals surface area contributed by atoms with Gasteiger partial charge in [-0.2, -0.15) is 0 Å². The molecule has 36 heavy (non-hydrogen) atoms. The minimum absolute atomic E-state index is 0.0546. The summed E-state index contributed by atoms with van der Waals surface area (Å²) in [5.41, 5.74) is 3.58. The van der Waals surface area contributed by atoms with Gasteiger partial charge >= 0.3 is 0 Å². The zero-order chi connectivity index (χ0) is 25.1. The Balaban J connectivity index is 1.12. The van der Waals surface area contributed by atoms with Gasteiger partial charge < -0.3 is 10.1 Å². The monoisotopic (exact) mass is 522 g/mol. The SMILES string of the molecule is CCOc1ccc2nc(SCCC(=O)Nc3ccc(C4(C)CC5CC(CC)CC(C5)C4)cc3)sc2c1. The number of ether oxygens (including phenoxy) is 1. The molecule has 5 rings (SSSR count). The van der Waals surface area contributed by atoms with E-state index in [0.717, 1.165) is 43.7 Å². The molecule has 6 heteroatoms. The Kier molecular flexibility index (Phi) is 7.92. The maximum atomic E-state index is 12.6. The van der Waals surface area contributed by atoms with Gasteiger partial charge in [-0.3, -0.25) is 4.79 Å². The van der Waals surface area contributed by atoms with Gasteiger partial charge in [0.2, 0.25) is 5.91 Å². The zero-order valence-electron chi connectivity index (χ0n) is 21.7. The lowest BCUT2D eigenvalue weighted by molar-refractivity contribution is -0.115. The average molecular weight is 523 g/mol. The van der Waals surface area contributed by atoms with Crippen molar-refractivity contribution in [3.05, 3.63) is 48.0 Å². The van der Waals surface area contributed by atoms with Crippen LogP contribution < -0.4 is 10.1 Å². The van der Waals surface area contributed by atoms with Crippen molar-refractivity contribution >= 4 is 44.9 Å². The molecule has 1 N–H and O–H groups in total. The van der Waals surface area contributed by atoms with Gasteiger partial charge in [0.25, 0.3) is 0 Å². The van der Waals surface area contributed by atoms with Crippen molar-refractivity contribution in [2.45, 2.75) is 75.5 Å². The minimum atomic E-state index is 0.0546. The first kappa shape index (κ1) is 25.6. The van der Waals surface area contributed by atoms with Crippen LogP contribution in [0.4, 0.5) is 5.69 Å². The van der Waals surface area contributed by atoms with E-state index in [4.69, 9.17) is 4.74 Å². The van der Waals surface area contributed by atoms with E-state index in [9.17, 15) is 4.79 Å². The highest BCUT2D eigenvalue weighted by atomic mass is 32.2. The largest absolute Gasteiger partial charge is 0.494 e. The number of rotatable bonds is 9. The van der Waals surface area contributed by atoms with Gasteiger partial charge in [-0.25, -0.2) is 4.98 Å². The molecule has 2 fully saturated rings. The molecular weight excluding hydrogens is 484 g/mol. The summed E-state index contributed by atoms with van der Waals surface area (Å²) in [6.07, 6.45) is 8.69. The molecule has 4 nitrogen and oxygen atoms in total. The second-order valence-electron chi connectivity index (χ2n) is 10.9. The summed E-state index contributed by atoms with van der Waals surface area (Å²) < 4.78 is 7.70. The lowest BCUT2D eigenvalue weighted by Gasteiger charge is -2.48. The summed E-state index contributed by atoms with van der Waals surface area (Å²) in [6, 6.07) is 14.7. The van der Waals surface area contributed by atoms with Crippen molar-refractivity contribution in [2.75, 3.05) is 17.7 Å². The van der Waals surface area contributed by atoms with Crippen molar-refractivity contribution in [1.29, 1.82) is 0 Å². The lowest BCUT2D eigenvalue weighted by Crippen LogP contribution is -2.39. The average Bonchev–Trinajstić information content (AvgIpc) is 3.26. The van der Waals surface area contributed by atoms with Gasteiger partial charge in [-0.1, -0.05) is 44.2 Å². The molecule has 1 aromatic heterocycles. The van der Waals surface area contributed by atoms with Gasteiger partial charge in [0, 0.05) is 17.9 Å². The number of thiazole rings is 1. The highest BCUT2D eigenvalue weighted by molar-refractivity contribution is 8.01. The van der Waals surface area contributed by atoms with Gasteiger partial charge in [-0.05, 0) is 98.1 Å². The van der Waals surface area contributed by atoms with E-state index in [0.29, 0.717) is 18.8 Å². The number of hydrogen-bond acceptors (Lipinski definition) is 5. The van der Waals surface area contributed by atoms with Gasteiger partial charge in [0.15, 0.2) is 4.34 Å². The Morgan fingerprint density at radius 3 is 2.56 bits per heavy atom. The van der Waals surface area contributed by atoms with Crippen molar-refractivity contribution in [3.8, 4) is 5.75 Å². The molecule has 192 valence electrons. The smallest absolute Gasteiger partial charge is 0.225 e. The van der Waals surface area contributed by atoms with Crippen LogP contribution in [0.25, 0.3) is 10.2 Å². The van der Waals surface area contributed by atoms with E-state index >= 15 is 0 Å². The minimum Gasteiger partial charge on any atom is -0.494 e. The van der Waals surface area contributed by atoms with Crippen LogP contribution in [0.1, 0.15) is 71.3 Å². The van der Waals surface area contributed by atoms with E-state index in [1.807, 2.05) is 25.1 Å². The number of carbonyl (C=O) groups is 1. The standard InChI is InChI=1S/C30H38N2O2S2/c1-4-20-14-21-16-22(15-20)19-30(3,18-21)23-6-8-24(9-7-23)31-28(33)12-13-35-29-32-26-11-10-25(34-5-2)17-27(26)36-29/h6-11,17,20-22H,4-5,12-16,18-19H2,1-3H3,(H,31,33). The number of carbonyl (C=O) groups excluding carboxylic acids is 1. The first-order valence-corrected chi connectivity index (χ1v) is 15.3. The Morgan fingerprint density at radius 1 is 1.11 bits per heavy atom. The predicted octanol–water partition coefficient (Wildman–Crippen LogP) is 8.31. The Morgan fingerprint density at radius 2 is 1.86 bits per heavy atom. The molecule has 2 saturated carbocycles. The predicted molar refractivity (Wildman–Crippen MR) is 152 cm³/mol. The number of hydrogen-bond donors (Lipinski definition) is 1. The number of nitrogens with one attached hydrogen (secondary N) is 1. The third-order valence-electron chi connectivity index (χ3n) is 8.13. The molecular formula is C30H38N2O2S2. The van der Waals surface area contributed by atoms with Crippen molar-refractivity contribution in [1.82, 2.24) is 4.98 Å². The summed E-state index contributed by atoms with van der Waals surface area (Å²) in [5, 5.41) is 3.09. The second-order valence-corrected chi connectivity index (χ2v) is 13.3. The second kappa shape index (κ2) is 11.1. The first-order chi connectivity index (χ1) is 17.4. The molecule has 3 aromatic rings. The Hall–Kier alpha value is -2.05. The van der Waals surface area contributed by atoms with E-state index in [1.54, 1.807) is 23.1 Å². The number of aromatic nitrogens is 1. The molecule has 2 atom stereocenters. The van der Waals surface area contributed by atoms with Crippen molar-refractivity contribution in [3.63, 3.8) is 0 Å². The van der Waals surface area contributed by atoms with Crippen LogP contribution in [0.5, 0.6) is 5.75 Å². The lowest BCUT2D eigenvalue weighted by atomic mass is 9.57. The summed E-state index contributed by atoms with van der Waals surface area (Å²) in [4.78, 5) is 17.3. The van der Waals surface area contributed by atoms with E-state index < -0.39 is 0 Å². The highest BCUT2D eigenvalue weighted by Gasteiger charge is 2.42. The van der Waals surface area contributed by atoms with Crippen molar-refractivity contribution in [2.24, 2.45) is 17.8 Å². The van der Waals surface area contributed by atoms with Crippen LogP contribution in [0.3, 0.4) is 0 Å². The molecule has 1 heterocycles. The van der Waals surface area contributed by atoms with Gasteiger partial charge in [0.1, 0.15) is 5.75 Å². The van der Waals surface area contributed by atoms with Crippen LogP contribution in [-0.4, -0.2) is 23.3 Å². The quantitative estimate of drug-likeness (QED) is 0.287. The first-order valence-electron chi connectivity index (χ1n) is 13.5. The fourth-order valence-corrected chi connectivity index (χ4v) is 8.68. The number of anilines is 1. The third kappa shape index (κ3) is 5.91. The summed E-state index contributed by atoms with van der Waals surface area (Å²) in [6.45, 7) is 7.46. The molecule has 0 saturated heterocycles. The van der Waals surface area contributed by atoms with Crippen LogP contribution in [0.2, 0.25) is 0 Å². The van der Waals surface area contributed by atoms with E-state index in [1.165, 1.54) is 44.1 Å². The topological polar surface area (TPSA) is 51.2 Å². The molecule has 2 aliphatic carbocycles. The number of thioether (sulfide) groups is 1. The number of nitrogens with zero attached hydrogens (tertiary/aromatic N) is 1. The molecule has 2 aliphatic rings. The van der Waals surface area contributed by atoms with Crippen molar-refractivity contribution < 1.29 is 9.53 Å². The summed E-state index contributed by atoms with van der Waals surface area (Å²) in [7, 11) is 0. The van der Waals surface area contributed by atoms with Crippen LogP contribution in [0.15, 0.2) is 46.8 Å². The Labute approximate surface area is 223 Å². The maximum absolute atomic E-state index is 12.6. The normalized spacial score (nSPS) is 25.6. The van der Waals surface area contributed by atoms with E-state index in [2.05, 4.69) is 48.4 Å². The molecule has 0 aliphatic heterocycles. The van der Waals surface area contributed by atoms with E-state index in [-0.39, 0.29) is 11.3 Å². The summed E-state index contributed by atoms with van der Waals surface area (Å²) in [5.74, 6) is 4.34. The fourth-order valence-electron chi connectivity index (χ4n) is 6.58. The maximum Gasteiger partial charge on any atom is 0.225 e. The number of fused-ring (bicyclic) bond motifs is 3. The van der Waals surface area contributed by atoms with Crippen LogP contribution >= 0.6 is 23.1 Å². The zero-order valence-corrected chi connectivity index (χ0v) is 23.4. The molecule has 0 spiro atoms. The number of benzene rings is 2. The van der Waals surface area contributed by atoms with Crippen LogP contribution in [0, 0.1) is 17.8 Å². The fraction of sp³-hybridized carbons (Fsp3) is 0.533. The van der Waals surface area contributed by atoms with Crippen LogP contribution in [-0.2, 0) is 10.2 Å². The van der Waals surface area contributed by atoms with Gasteiger partial charge in [0.05, 0.1) is 16.8 Å². The van der Waals surface area contributed by atoms with Gasteiger partial charge in [-0.15, -0.1) is 11.3 Å².